The Morgan fingerprint density at radius 3 is 2.79 bits per heavy atom. The van der Waals surface area contributed by atoms with Crippen molar-refractivity contribution in [2.45, 2.75) is 18.9 Å². The van der Waals surface area contributed by atoms with Crippen LogP contribution in [0.25, 0.3) is 0 Å². The van der Waals surface area contributed by atoms with E-state index in [0.717, 1.165) is 4.47 Å². The monoisotopic (exact) mass is 259 g/mol. The van der Waals surface area contributed by atoms with Gasteiger partial charge in [0.05, 0.1) is 6.10 Å². The molecule has 0 saturated carbocycles. The van der Waals surface area contributed by atoms with Crippen molar-refractivity contribution in [3.63, 3.8) is 0 Å². The van der Waals surface area contributed by atoms with Gasteiger partial charge in [0.15, 0.2) is 0 Å². The fourth-order valence-electron chi connectivity index (χ4n) is 1.27. The second-order valence-corrected chi connectivity index (χ2v) is 4.07. The minimum atomic E-state index is -0.598. The lowest BCUT2D eigenvalue weighted by molar-refractivity contribution is 0.152. The minimum Gasteiger partial charge on any atom is -0.398 e. The second kappa shape index (κ2) is 5.34. The molecule has 1 unspecified atom stereocenters. The van der Waals surface area contributed by atoms with Crippen LogP contribution >= 0.6 is 15.9 Å². The second-order valence-electron chi connectivity index (χ2n) is 3.15. The molecular weight excluding hydrogens is 246 g/mol. The molecule has 1 rings (SSSR count). The number of anilines is 1. The smallest absolute Gasteiger partial charge is 0.0811 e. The lowest BCUT2D eigenvalue weighted by atomic mass is 10.0. The van der Waals surface area contributed by atoms with E-state index in [2.05, 4.69) is 15.9 Å². The molecule has 1 atom stereocenters. The molecule has 0 aromatic heterocycles. The van der Waals surface area contributed by atoms with Gasteiger partial charge in [-0.25, -0.2) is 0 Å². The number of rotatable bonds is 4. The molecule has 0 aliphatic rings. The number of benzene rings is 1. The van der Waals surface area contributed by atoms with Crippen LogP contribution in [0.4, 0.5) is 5.69 Å². The zero-order chi connectivity index (χ0) is 10.6. The zero-order valence-electron chi connectivity index (χ0n) is 7.78. The van der Waals surface area contributed by atoms with Gasteiger partial charge in [-0.1, -0.05) is 15.9 Å². The third-order valence-electron chi connectivity index (χ3n) is 2.04. The van der Waals surface area contributed by atoms with Crippen LogP contribution in [0.5, 0.6) is 0 Å². The molecule has 0 aliphatic heterocycles. The molecule has 4 heteroatoms. The van der Waals surface area contributed by atoms with E-state index in [1.54, 1.807) is 12.1 Å². The highest BCUT2D eigenvalue weighted by molar-refractivity contribution is 9.10. The molecular formula is C10H14BrNO2. The third kappa shape index (κ3) is 2.97. The number of aliphatic hydroxyl groups is 2. The summed E-state index contributed by atoms with van der Waals surface area (Å²) in [7, 11) is 0. The van der Waals surface area contributed by atoms with E-state index < -0.39 is 6.10 Å². The Hall–Kier alpha value is -0.580. The number of hydrogen-bond acceptors (Lipinski definition) is 3. The molecule has 78 valence electrons. The highest BCUT2D eigenvalue weighted by atomic mass is 79.9. The Bertz CT molecular complexity index is 304. The Balaban J connectivity index is 2.77. The molecule has 1 aromatic rings. The van der Waals surface area contributed by atoms with Gasteiger partial charge < -0.3 is 15.9 Å². The van der Waals surface area contributed by atoms with Crippen molar-refractivity contribution in [2.75, 3.05) is 12.3 Å². The Kier molecular flexibility index (Phi) is 4.38. The summed E-state index contributed by atoms with van der Waals surface area (Å²) in [6.45, 7) is 0.0883. The maximum Gasteiger partial charge on any atom is 0.0811 e. The fourth-order valence-corrected chi connectivity index (χ4v) is 1.65. The van der Waals surface area contributed by atoms with Crippen molar-refractivity contribution in [1.82, 2.24) is 0 Å². The van der Waals surface area contributed by atoms with Crippen LogP contribution in [0, 0.1) is 0 Å². The first-order chi connectivity index (χ1) is 6.65. The quantitative estimate of drug-likeness (QED) is 0.723. The normalized spacial score (nSPS) is 12.8. The maximum absolute atomic E-state index is 9.74. The molecule has 1 aromatic carbocycles. The van der Waals surface area contributed by atoms with E-state index in [-0.39, 0.29) is 6.61 Å². The first-order valence-electron chi connectivity index (χ1n) is 4.49. The Morgan fingerprint density at radius 1 is 1.43 bits per heavy atom. The van der Waals surface area contributed by atoms with E-state index in [4.69, 9.17) is 10.8 Å². The van der Waals surface area contributed by atoms with Gasteiger partial charge in [-0.3, -0.25) is 0 Å². The molecule has 0 radical (unpaired) electrons. The molecule has 0 amide bonds. The topological polar surface area (TPSA) is 66.5 Å². The van der Waals surface area contributed by atoms with Crippen LogP contribution in [0.3, 0.4) is 0 Å². The SMILES string of the molecule is Nc1ccc(Br)cc1C(O)CCCO. The van der Waals surface area contributed by atoms with Crippen molar-refractivity contribution in [3.05, 3.63) is 28.2 Å². The molecule has 0 fully saturated rings. The number of hydrogen-bond donors (Lipinski definition) is 3. The molecule has 0 bridgehead atoms. The molecule has 0 spiro atoms. The van der Waals surface area contributed by atoms with Gasteiger partial charge in [-0.05, 0) is 31.0 Å². The van der Waals surface area contributed by atoms with E-state index >= 15 is 0 Å². The fraction of sp³-hybridized carbons (Fsp3) is 0.400. The summed E-state index contributed by atoms with van der Waals surface area (Å²) in [5.74, 6) is 0. The molecule has 0 saturated heterocycles. The largest absolute Gasteiger partial charge is 0.398 e. The standard InChI is InChI=1S/C10H14BrNO2/c11-7-3-4-9(12)8(6-7)10(14)2-1-5-13/h3-4,6,10,13-14H,1-2,5,12H2. The van der Waals surface area contributed by atoms with Gasteiger partial charge in [-0.2, -0.15) is 0 Å². The van der Waals surface area contributed by atoms with Crippen molar-refractivity contribution >= 4 is 21.6 Å². The van der Waals surface area contributed by atoms with Crippen LogP contribution in [0.15, 0.2) is 22.7 Å². The molecule has 4 N–H and O–H groups in total. The van der Waals surface area contributed by atoms with E-state index in [1.807, 2.05) is 6.07 Å². The Morgan fingerprint density at radius 2 is 2.14 bits per heavy atom. The Labute approximate surface area is 91.7 Å². The summed E-state index contributed by atoms with van der Waals surface area (Å²) in [4.78, 5) is 0. The van der Waals surface area contributed by atoms with Crippen molar-refractivity contribution in [3.8, 4) is 0 Å². The number of nitrogens with two attached hydrogens (primary N) is 1. The lowest BCUT2D eigenvalue weighted by Gasteiger charge is -2.13. The summed E-state index contributed by atoms with van der Waals surface area (Å²) in [6.07, 6.45) is 0.504. The van der Waals surface area contributed by atoms with Crippen LogP contribution in [0.1, 0.15) is 24.5 Å². The predicted octanol–water partition coefficient (Wildman–Crippen LogP) is 1.84. The zero-order valence-corrected chi connectivity index (χ0v) is 9.37. The van der Waals surface area contributed by atoms with Gasteiger partial charge in [-0.15, -0.1) is 0 Å². The van der Waals surface area contributed by atoms with Crippen molar-refractivity contribution in [1.29, 1.82) is 0 Å². The maximum atomic E-state index is 9.74. The summed E-state index contributed by atoms with van der Waals surface area (Å²) in [5.41, 5.74) is 7.02. The van der Waals surface area contributed by atoms with Crippen LogP contribution in [-0.4, -0.2) is 16.8 Å². The van der Waals surface area contributed by atoms with Gasteiger partial charge in [0.1, 0.15) is 0 Å². The van der Waals surface area contributed by atoms with Crippen molar-refractivity contribution in [2.24, 2.45) is 0 Å². The van der Waals surface area contributed by atoms with Gasteiger partial charge in [0, 0.05) is 22.3 Å². The van der Waals surface area contributed by atoms with E-state index in [0.29, 0.717) is 24.1 Å². The molecule has 0 heterocycles. The van der Waals surface area contributed by atoms with E-state index in [1.165, 1.54) is 0 Å². The van der Waals surface area contributed by atoms with Crippen LogP contribution in [-0.2, 0) is 0 Å². The average molecular weight is 260 g/mol. The average Bonchev–Trinajstić information content (AvgIpc) is 2.18. The summed E-state index contributed by atoms with van der Waals surface area (Å²) < 4.78 is 0.893. The van der Waals surface area contributed by atoms with Gasteiger partial charge in [0.25, 0.3) is 0 Å². The molecule has 0 aliphatic carbocycles. The van der Waals surface area contributed by atoms with Gasteiger partial charge >= 0.3 is 0 Å². The number of aliphatic hydroxyl groups excluding tert-OH is 2. The molecule has 3 nitrogen and oxygen atoms in total. The third-order valence-corrected chi connectivity index (χ3v) is 2.54. The number of halogens is 1. The van der Waals surface area contributed by atoms with Crippen LogP contribution in [0.2, 0.25) is 0 Å². The predicted molar refractivity (Wildman–Crippen MR) is 59.8 cm³/mol. The molecule has 14 heavy (non-hydrogen) atoms. The first-order valence-corrected chi connectivity index (χ1v) is 5.28. The minimum absolute atomic E-state index is 0.0883. The van der Waals surface area contributed by atoms with E-state index in [9.17, 15) is 5.11 Å². The highest BCUT2D eigenvalue weighted by Gasteiger charge is 2.10. The van der Waals surface area contributed by atoms with Crippen molar-refractivity contribution < 1.29 is 10.2 Å². The van der Waals surface area contributed by atoms with Crippen LogP contribution < -0.4 is 5.73 Å². The van der Waals surface area contributed by atoms with Gasteiger partial charge in [0.2, 0.25) is 0 Å². The number of nitrogen functional groups attached to an aromatic ring is 1. The highest BCUT2D eigenvalue weighted by Crippen LogP contribution is 2.27. The lowest BCUT2D eigenvalue weighted by Crippen LogP contribution is -2.03. The summed E-state index contributed by atoms with van der Waals surface area (Å²) >= 11 is 3.32. The first kappa shape index (κ1) is 11.5. The summed E-state index contributed by atoms with van der Waals surface area (Å²) in [6, 6.07) is 5.39. The summed E-state index contributed by atoms with van der Waals surface area (Å²) in [5, 5.41) is 18.4.